The molecule has 8 nitrogen and oxygen atoms in total. The molecule has 3 aromatic rings. The summed E-state index contributed by atoms with van der Waals surface area (Å²) < 4.78 is 15.6. The molecule has 146 valence electrons. The summed E-state index contributed by atoms with van der Waals surface area (Å²) in [6.45, 7) is 1.06. The van der Waals surface area contributed by atoms with Gasteiger partial charge in [0.1, 0.15) is 22.8 Å². The maximum absolute atomic E-state index is 12.6. The third-order valence-corrected chi connectivity index (χ3v) is 4.38. The van der Waals surface area contributed by atoms with E-state index in [4.69, 9.17) is 14.0 Å². The highest BCUT2D eigenvalue weighted by Gasteiger charge is 2.24. The van der Waals surface area contributed by atoms with Gasteiger partial charge in [-0.1, -0.05) is 35.5 Å². The lowest BCUT2D eigenvalue weighted by Crippen LogP contribution is -2.25. The largest absolute Gasteiger partial charge is 0.482 e. The summed E-state index contributed by atoms with van der Waals surface area (Å²) in [4.78, 5) is 36.5. The molecule has 0 saturated heterocycles. The van der Waals surface area contributed by atoms with Crippen molar-refractivity contribution >= 4 is 23.3 Å². The van der Waals surface area contributed by atoms with Crippen molar-refractivity contribution in [2.45, 2.75) is 6.92 Å². The van der Waals surface area contributed by atoms with Crippen LogP contribution in [0.5, 0.6) is 5.75 Å². The van der Waals surface area contributed by atoms with Crippen LogP contribution in [0.2, 0.25) is 0 Å². The Hall–Kier alpha value is -3.94. The molecule has 0 spiro atoms. The molecule has 4 rings (SSSR count). The summed E-state index contributed by atoms with van der Waals surface area (Å²) in [5, 5.41) is 6.56. The van der Waals surface area contributed by atoms with Crippen molar-refractivity contribution in [1.82, 2.24) is 5.16 Å². The number of Topliss-reactive ketones (excluding diaryl/α,β-unsaturated/α-hetero) is 1. The average molecular weight is 392 g/mol. The van der Waals surface area contributed by atoms with E-state index in [2.05, 4.69) is 10.5 Å². The summed E-state index contributed by atoms with van der Waals surface area (Å²) >= 11 is 0. The Morgan fingerprint density at radius 1 is 1.17 bits per heavy atom. The van der Waals surface area contributed by atoms with Crippen LogP contribution in [0, 0.1) is 6.92 Å². The maximum atomic E-state index is 12.6. The first-order valence-corrected chi connectivity index (χ1v) is 8.81. The molecule has 1 aliphatic heterocycles. The Morgan fingerprint density at radius 3 is 2.76 bits per heavy atom. The quantitative estimate of drug-likeness (QED) is 0.525. The molecule has 2 heterocycles. The van der Waals surface area contributed by atoms with Crippen LogP contribution in [0.25, 0.3) is 11.3 Å². The number of carbonyl (C=O) groups excluding carboxylic acids is 3. The van der Waals surface area contributed by atoms with Gasteiger partial charge in [0.2, 0.25) is 0 Å². The number of esters is 1. The highest BCUT2D eigenvalue weighted by Crippen LogP contribution is 2.29. The summed E-state index contributed by atoms with van der Waals surface area (Å²) in [5.74, 6) is -0.646. The molecule has 0 saturated carbocycles. The summed E-state index contributed by atoms with van der Waals surface area (Å²) in [7, 11) is 0. The fraction of sp³-hybridized carbons (Fsp3) is 0.143. The number of ether oxygens (including phenoxy) is 2. The highest BCUT2D eigenvalue weighted by atomic mass is 16.5. The van der Waals surface area contributed by atoms with E-state index in [0.29, 0.717) is 28.5 Å². The summed E-state index contributed by atoms with van der Waals surface area (Å²) in [6, 6.07) is 13.7. The van der Waals surface area contributed by atoms with E-state index in [1.54, 1.807) is 31.2 Å². The Kier molecular flexibility index (Phi) is 4.82. The van der Waals surface area contributed by atoms with Gasteiger partial charge in [0.15, 0.2) is 19.0 Å². The molecule has 1 amide bonds. The van der Waals surface area contributed by atoms with Crippen LogP contribution in [0.15, 0.2) is 53.1 Å². The number of rotatable bonds is 5. The minimum atomic E-state index is -0.703. The van der Waals surface area contributed by atoms with Gasteiger partial charge in [0.25, 0.3) is 5.91 Å². The molecule has 1 aromatic heterocycles. The molecule has 0 unspecified atom stereocenters. The topological polar surface area (TPSA) is 108 Å². The van der Waals surface area contributed by atoms with Crippen LogP contribution < -0.4 is 10.1 Å². The molecule has 0 aliphatic carbocycles. The van der Waals surface area contributed by atoms with Crippen LogP contribution in [0.4, 0.5) is 5.69 Å². The number of hydrogen-bond donors (Lipinski definition) is 1. The van der Waals surface area contributed by atoms with E-state index >= 15 is 0 Å². The number of benzene rings is 2. The van der Waals surface area contributed by atoms with Crippen molar-refractivity contribution in [2.75, 3.05) is 18.5 Å². The van der Waals surface area contributed by atoms with Gasteiger partial charge in [-0.3, -0.25) is 9.59 Å². The van der Waals surface area contributed by atoms with Gasteiger partial charge in [-0.15, -0.1) is 0 Å². The third-order valence-electron chi connectivity index (χ3n) is 4.38. The van der Waals surface area contributed by atoms with Crippen molar-refractivity contribution in [3.8, 4) is 17.0 Å². The van der Waals surface area contributed by atoms with Gasteiger partial charge in [0.05, 0.1) is 5.69 Å². The molecule has 1 aliphatic rings. The Bertz CT molecular complexity index is 1100. The zero-order valence-electron chi connectivity index (χ0n) is 15.4. The number of ketones is 1. The predicted octanol–water partition coefficient (Wildman–Crippen LogP) is 3.02. The molecule has 0 atom stereocenters. The summed E-state index contributed by atoms with van der Waals surface area (Å²) in [5.41, 5.74) is 1.92. The van der Waals surface area contributed by atoms with Crippen molar-refractivity contribution in [1.29, 1.82) is 0 Å². The van der Waals surface area contributed by atoms with Crippen LogP contribution in [0.3, 0.4) is 0 Å². The van der Waals surface area contributed by atoms with E-state index < -0.39 is 18.4 Å². The van der Waals surface area contributed by atoms with E-state index in [1.807, 2.05) is 18.2 Å². The number of amides is 1. The van der Waals surface area contributed by atoms with Gasteiger partial charge >= 0.3 is 5.97 Å². The zero-order valence-corrected chi connectivity index (χ0v) is 15.4. The summed E-state index contributed by atoms with van der Waals surface area (Å²) in [6.07, 6.45) is 0. The SMILES string of the molecule is Cc1onc(-c2ccccc2)c1C(=O)OCC(=O)c1ccc2c(c1)NC(=O)CO2. The fourth-order valence-corrected chi connectivity index (χ4v) is 2.95. The molecule has 8 heteroatoms. The normalized spacial score (nSPS) is 12.5. The molecule has 29 heavy (non-hydrogen) atoms. The Morgan fingerprint density at radius 2 is 1.97 bits per heavy atom. The van der Waals surface area contributed by atoms with Gasteiger partial charge in [-0.2, -0.15) is 0 Å². The van der Waals surface area contributed by atoms with Gasteiger partial charge in [-0.25, -0.2) is 4.79 Å². The lowest BCUT2D eigenvalue weighted by molar-refractivity contribution is -0.118. The maximum Gasteiger partial charge on any atom is 0.344 e. The predicted molar refractivity (Wildman–Crippen MR) is 102 cm³/mol. The lowest BCUT2D eigenvalue weighted by atomic mass is 10.1. The molecule has 0 fully saturated rings. The fourth-order valence-electron chi connectivity index (χ4n) is 2.95. The van der Waals surface area contributed by atoms with E-state index in [-0.39, 0.29) is 23.6 Å². The molecule has 1 N–H and O–H groups in total. The third kappa shape index (κ3) is 3.73. The second kappa shape index (κ2) is 7.59. The van der Waals surface area contributed by atoms with Crippen molar-refractivity contribution in [3.05, 3.63) is 65.4 Å². The van der Waals surface area contributed by atoms with Crippen molar-refractivity contribution < 1.29 is 28.4 Å². The van der Waals surface area contributed by atoms with Crippen LogP contribution in [0.1, 0.15) is 26.5 Å². The molecule has 0 radical (unpaired) electrons. The van der Waals surface area contributed by atoms with Crippen LogP contribution in [-0.2, 0) is 9.53 Å². The molecular formula is C21H16N2O6. The van der Waals surface area contributed by atoms with E-state index in [0.717, 1.165) is 0 Å². The standard InChI is InChI=1S/C21H16N2O6/c1-12-19(20(23-29-12)13-5-3-2-4-6-13)21(26)28-10-16(24)14-7-8-17-15(9-14)22-18(25)11-27-17/h2-9H,10-11H2,1H3,(H,22,25). The smallest absolute Gasteiger partial charge is 0.344 e. The number of aryl methyl sites for hydroxylation is 1. The second-order valence-corrected chi connectivity index (χ2v) is 6.38. The first kappa shape index (κ1) is 18.4. The van der Waals surface area contributed by atoms with E-state index in [9.17, 15) is 14.4 Å². The molecule has 2 aromatic carbocycles. The van der Waals surface area contributed by atoms with Crippen molar-refractivity contribution in [2.24, 2.45) is 0 Å². The minimum Gasteiger partial charge on any atom is -0.482 e. The average Bonchev–Trinajstić information content (AvgIpc) is 3.13. The Labute approximate surface area is 165 Å². The number of nitrogens with zero attached hydrogens (tertiary/aromatic N) is 1. The van der Waals surface area contributed by atoms with Gasteiger partial charge < -0.3 is 19.3 Å². The first-order chi connectivity index (χ1) is 14.0. The molecular weight excluding hydrogens is 376 g/mol. The molecule has 0 bridgehead atoms. The van der Waals surface area contributed by atoms with Crippen LogP contribution >= 0.6 is 0 Å². The van der Waals surface area contributed by atoms with Crippen LogP contribution in [-0.4, -0.2) is 36.0 Å². The number of nitrogens with one attached hydrogen (secondary N) is 1. The lowest BCUT2D eigenvalue weighted by Gasteiger charge is -2.18. The van der Waals surface area contributed by atoms with Crippen molar-refractivity contribution in [3.63, 3.8) is 0 Å². The number of carbonyl (C=O) groups is 3. The number of fused-ring (bicyclic) bond motifs is 1. The minimum absolute atomic E-state index is 0.0697. The van der Waals surface area contributed by atoms with Gasteiger partial charge in [-0.05, 0) is 25.1 Å². The number of aromatic nitrogens is 1. The number of anilines is 1. The zero-order chi connectivity index (χ0) is 20.4. The van der Waals surface area contributed by atoms with Gasteiger partial charge in [0, 0.05) is 11.1 Å². The second-order valence-electron chi connectivity index (χ2n) is 6.38. The monoisotopic (exact) mass is 392 g/mol. The Balaban J connectivity index is 1.48. The van der Waals surface area contributed by atoms with E-state index in [1.165, 1.54) is 6.07 Å². The highest BCUT2D eigenvalue weighted by molar-refractivity contribution is 6.03. The first-order valence-electron chi connectivity index (χ1n) is 8.81. The number of hydrogen-bond acceptors (Lipinski definition) is 7.